The Kier molecular flexibility index (Phi) is 48.9. The number of carbonyl (C=O) groups excluding carboxylic acids is 10. The molecule has 0 saturated carbocycles. The number of carboxylic acid groups (broad SMARTS) is 2. The Morgan fingerprint density at radius 3 is 1.25 bits per heavy atom. The summed E-state index contributed by atoms with van der Waals surface area (Å²) in [6.07, 6.45) is 4.61. The molecule has 0 fully saturated rings. The van der Waals surface area contributed by atoms with Crippen LogP contribution in [0.1, 0.15) is 131 Å². The van der Waals surface area contributed by atoms with Crippen molar-refractivity contribution >= 4 is 70.4 Å². The fraction of sp³-hybridized carbons (Fsp3) is 0.550. The molecule has 616 valence electrons. The van der Waals surface area contributed by atoms with E-state index in [-0.39, 0.29) is 238 Å². The fourth-order valence-electron chi connectivity index (χ4n) is 10.7. The van der Waals surface area contributed by atoms with Gasteiger partial charge in [0.05, 0.1) is 78.4 Å². The normalized spacial score (nSPS) is 12.2. The number of halogens is 2. The average Bonchev–Trinajstić information content (AvgIpc) is 0.854. The first kappa shape index (κ1) is 94.0. The number of ketones is 5. The van der Waals surface area contributed by atoms with Gasteiger partial charge in [-0.25, -0.2) is 13.6 Å². The number of carboxylic acids is 2. The van der Waals surface area contributed by atoms with Gasteiger partial charge < -0.3 is 84.2 Å². The van der Waals surface area contributed by atoms with E-state index < -0.39 is 47.4 Å². The van der Waals surface area contributed by atoms with E-state index in [4.69, 9.17) is 47.4 Å². The summed E-state index contributed by atoms with van der Waals surface area (Å²) in [7, 11) is 0. The highest BCUT2D eigenvalue weighted by molar-refractivity contribution is 5.89. The van der Waals surface area contributed by atoms with Crippen LogP contribution in [0.25, 0.3) is 0 Å². The van der Waals surface area contributed by atoms with Gasteiger partial charge in [-0.1, -0.05) is 44.0 Å². The zero-order valence-corrected chi connectivity index (χ0v) is 63.5. The average molecular weight is 1570 g/mol. The summed E-state index contributed by atoms with van der Waals surface area (Å²) >= 11 is 0. The molecule has 31 heteroatoms. The molecule has 0 spiro atoms. The lowest BCUT2D eigenvalue weighted by Crippen LogP contribution is -2.42. The number of benzene rings is 4. The molecule has 4 rings (SSSR count). The molecule has 0 aliphatic rings. The number of ether oxygens (including phenoxy) is 10. The molecular weight excluding hydrogens is 1450 g/mol. The molecular formula is C80H113F2N5O24. The molecule has 0 bridgehead atoms. The maximum atomic E-state index is 13.2. The zero-order valence-electron chi connectivity index (χ0n) is 63.5. The third kappa shape index (κ3) is 46.8. The van der Waals surface area contributed by atoms with Crippen LogP contribution in [0.15, 0.2) is 97.1 Å². The van der Waals surface area contributed by atoms with Gasteiger partial charge in [-0.15, -0.1) is 0 Å². The maximum Gasteiger partial charge on any atom is 0.326 e. The van der Waals surface area contributed by atoms with Crippen LogP contribution < -0.4 is 36.1 Å². The first-order valence-electron chi connectivity index (χ1n) is 37.6. The Labute approximate surface area is 649 Å². The summed E-state index contributed by atoms with van der Waals surface area (Å²) in [5, 5.41) is 32.6. The van der Waals surface area contributed by atoms with Gasteiger partial charge in [0.15, 0.2) is 5.78 Å². The number of hydrogen-bond donors (Lipinski definition) is 7. The maximum absolute atomic E-state index is 13.2. The number of aliphatic carboxylic acids is 2. The first-order chi connectivity index (χ1) is 53.5. The first-order valence-corrected chi connectivity index (χ1v) is 37.6. The molecule has 0 aliphatic heterocycles. The molecule has 0 saturated heterocycles. The number of nitrogens with one attached hydrogen (secondary N) is 5. The Bertz CT molecular complexity index is 3460. The molecule has 111 heavy (non-hydrogen) atoms. The van der Waals surface area contributed by atoms with E-state index in [9.17, 15) is 76.5 Å². The summed E-state index contributed by atoms with van der Waals surface area (Å²) in [5.41, 5.74) is 1.27. The van der Waals surface area contributed by atoms with Crippen LogP contribution in [0.5, 0.6) is 23.0 Å². The molecule has 4 aromatic rings. The minimum Gasteiger partial charge on any atom is -0.481 e. The smallest absolute Gasteiger partial charge is 0.326 e. The van der Waals surface area contributed by atoms with Gasteiger partial charge in [0.1, 0.15) is 90.2 Å². The SMILES string of the molecule is CC(=O)[C@H](CCCCNC(=O)COCCOCCNC(=O)COCCOCCCC(=O)CC[C@H](CC(=O)Cc1ccc(Oc2ccc(F)cc2)cc1)C(=O)O)CC(=O)[C@@H](C)CCCCNC(=O)COCCOCCCC(=O)COCCOCCNC(=O)CC[C@H](NC(=O)Cc1ccc(Oc2ccc(F)cc2)cc1)C(=O)O.[HH].[HH]. The molecule has 4 aromatic carbocycles. The van der Waals surface area contributed by atoms with Crippen molar-refractivity contribution in [3.8, 4) is 23.0 Å². The van der Waals surface area contributed by atoms with Crippen LogP contribution in [0.2, 0.25) is 0 Å². The minimum atomic E-state index is -1.28. The highest BCUT2D eigenvalue weighted by atomic mass is 19.1. The molecule has 29 nitrogen and oxygen atoms in total. The van der Waals surface area contributed by atoms with Crippen LogP contribution in [-0.2, 0) is 108 Å². The Hall–Kier alpha value is -9.34. The second-order valence-corrected chi connectivity index (χ2v) is 26.3. The molecule has 4 atom stereocenters. The number of carbonyl (C=O) groups is 12. The van der Waals surface area contributed by atoms with E-state index in [1.165, 1.54) is 55.5 Å². The Morgan fingerprint density at radius 2 is 0.784 bits per heavy atom. The largest absolute Gasteiger partial charge is 0.481 e. The van der Waals surface area contributed by atoms with Gasteiger partial charge in [-0.2, -0.15) is 0 Å². The number of Topliss-reactive ketones (excluding diaryl/α,β-unsaturated/α-hetero) is 5. The van der Waals surface area contributed by atoms with E-state index >= 15 is 0 Å². The van der Waals surface area contributed by atoms with Crippen LogP contribution in [-0.4, -0.2) is 219 Å². The van der Waals surface area contributed by atoms with Crippen LogP contribution in [0.4, 0.5) is 8.78 Å². The summed E-state index contributed by atoms with van der Waals surface area (Å²) in [5.74, 6) is -5.55. The molecule has 7 N–H and O–H groups in total. The van der Waals surface area contributed by atoms with Gasteiger partial charge in [0.2, 0.25) is 29.5 Å². The predicted octanol–water partition coefficient (Wildman–Crippen LogP) is 8.05. The highest BCUT2D eigenvalue weighted by Crippen LogP contribution is 2.25. The third-order valence-electron chi connectivity index (χ3n) is 16.9. The standard InChI is InChI=1S/C80H109F2N5O24.2H2/c1-57(9-3-5-33-83-76(95)54-107-46-42-103-38-8-12-66(90)53-106-45-43-104-39-35-85-74(93)32-31-72(80(100)101)87-75(94)50-60-15-25-69(26-16-60)111-71-29-20-64(82)21-30-71)73(92)52-61(58(2)88)10-4-6-34-84-77(96)55-109-48-44-105-40-36-86-78(97)56-108-47-41-102-37-7-11-65(89)22-17-62(79(98)99)51-67(91)49-59-13-23-68(24-14-59)110-70-27-18-63(81)19-28-70;;/h13-16,18-21,23-30,57,61-62,72H,3-12,17,22,31-56H2,1-2H3,(H,83,95)(H,84,96)(H,85,93)(H,86,97)(H,87,94)(H,98,99)(H,100,101);2*1H/t57-,61+,62+,72-;;/m0../s1. The summed E-state index contributed by atoms with van der Waals surface area (Å²) in [6, 6.07) is 23.0. The third-order valence-corrected chi connectivity index (χ3v) is 16.9. The lowest BCUT2D eigenvalue weighted by molar-refractivity contribution is -0.144. The van der Waals surface area contributed by atoms with E-state index in [1.807, 2.05) is 6.92 Å². The molecule has 0 aliphatic carbocycles. The van der Waals surface area contributed by atoms with Crippen molar-refractivity contribution in [2.75, 3.05) is 132 Å². The van der Waals surface area contributed by atoms with Gasteiger partial charge in [-0.05, 0) is 142 Å². The number of unbranched alkanes of at least 4 members (excludes halogenated alkanes) is 2. The fourth-order valence-corrected chi connectivity index (χ4v) is 10.7. The molecule has 0 radical (unpaired) electrons. The molecule has 0 heterocycles. The second kappa shape index (κ2) is 57.7. The van der Waals surface area contributed by atoms with Crippen molar-refractivity contribution in [3.05, 3.63) is 120 Å². The quantitative estimate of drug-likeness (QED) is 0.0205. The zero-order chi connectivity index (χ0) is 80.6. The van der Waals surface area contributed by atoms with E-state index in [1.54, 1.807) is 48.5 Å². The summed E-state index contributed by atoms with van der Waals surface area (Å²) in [4.78, 5) is 148. The summed E-state index contributed by atoms with van der Waals surface area (Å²) in [6.45, 7) is 6.17. The molecule has 0 unspecified atom stereocenters. The van der Waals surface area contributed by atoms with Crippen molar-refractivity contribution < 1.29 is 127 Å². The lowest BCUT2D eigenvalue weighted by Gasteiger charge is -2.16. The molecule has 5 amide bonds. The summed E-state index contributed by atoms with van der Waals surface area (Å²) < 4.78 is 81.0. The van der Waals surface area contributed by atoms with Gasteiger partial charge in [-0.3, -0.25) is 52.7 Å². The van der Waals surface area contributed by atoms with Crippen LogP contribution in [0, 0.1) is 29.4 Å². The van der Waals surface area contributed by atoms with Crippen molar-refractivity contribution in [2.24, 2.45) is 17.8 Å². The number of hydrogen-bond acceptors (Lipinski definition) is 22. The topological polar surface area (TPSA) is 398 Å². The van der Waals surface area contributed by atoms with Gasteiger partial charge >= 0.3 is 11.9 Å². The predicted molar refractivity (Wildman–Crippen MR) is 404 cm³/mol. The second-order valence-electron chi connectivity index (χ2n) is 26.3. The van der Waals surface area contributed by atoms with Gasteiger partial charge in [0, 0.05) is 99.0 Å². The van der Waals surface area contributed by atoms with Crippen LogP contribution in [0.3, 0.4) is 0 Å². The van der Waals surface area contributed by atoms with E-state index in [0.717, 1.165) is 0 Å². The number of rotatable bonds is 67. The lowest BCUT2D eigenvalue weighted by atomic mass is 9.87. The van der Waals surface area contributed by atoms with Crippen LogP contribution >= 0.6 is 0 Å². The highest BCUT2D eigenvalue weighted by Gasteiger charge is 2.25. The van der Waals surface area contributed by atoms with Crippen molar-refractivity contribution in [1.29, 1.82) is 0 Å². The molecule has 0 aromatic heterocycles. The van der Waals surface area contributed by atoms with Crippen molar-refractivity contribution in [2.45, 2.75) is 135 Å². The minimum absolute atomic E-state index is 0. The van der Waals surface area contributed by atoms with Crippen molar-refractivity contribution in [3.63, 3.8) is 0 Å². The Morgan fingerprint density at radius 1 is 0.369 bits per heavy atom. The number of amides is 5. The monoisotopic (exact) mass is 1570 g/mol. The van der Waals surface area contributed by atoms with E-state index in [2.05, 4.69) is 26.6 Å². The van der Waals surface area contributed by atoms with Gasteiger partial charge in [0.25, 0.3) is 0 Å². The van der Waals surface area contributed by atoms with Crippen molar-refractivity contribution in [1.82, 2.24) is 26.6 Å². The van der Waals surface area contributed by atoms with E-state index in [0.29, 0.717) is 105 Å². The Balaban J connectivity index is 0.0000217.